The van der Waals surface area contributed by atoms with Crippen molar-refractivity contribution in [3.8, 4) is 5.75 Å². The van der Waals surface area contributed by atoms with Crippen molar-refractivity contribution in [1.82, 2.24) is 4.98 Å². The van der Waals surface area contributed by atoms with E-state index in [1.165, 1.54) is 24.5 Å². The van der Waals surface area contributed by atoms with Crippen molar-refractivity contribution < 1.29 is 14.6 Å². The van der Waals surface area contributed by atoms with Gasteiger partial charge in [0.25, 0.3) is 0 Å². The Bertz CT molecular complexity index is 643. The third-order valence-corrected chi connectivity index (χ3v) is 3.86. The summed E-state index contributed by atoms with van der Waals surface area (Å²) in [4.78, 5) is 16.2. The molecule has 1 aromatic heterocycles. The van der Waals surface area contributed by atoms with Gasteiger partial charge in [-0.05, 0) is 24.6 Å². The standard InChI is InChI=1S/C13H13ClN2O3S/c1-7-3-10(9(12(17)18)4-11(7)19-2)15-5-8-6-16-13(14)20-8/h3-4,6,15H,5H2,1-2H3,(H,17,18). The second-order valence-corrected chi connectivity index (χ2v) is 5.80. The molecule has 0 fully saturated rings. The van der Waals surface area contributed by atoms with Gasteiger partial charge in [-0.15, -0.1) is 11.3 Å². The molecule has 2 aromatic rings. The van der Waals surface area contributed by atoms with Gasteiger partial charge in [0.1, 0.15) is 5.75 Å². The number of rotatable bonds is 5. The van der Waals surface area contributed by atoms with Crippen molar-refractivity contribution in [2.45, 2.75) is 13.5 Å². The number of nitrogens with one attached hydrogen (secondary N) is 1. The normalized spacial score (nSPS) is 10.3. The first kappa shape index (κ1) is 14.6. The Kier molecular flexibility index (Phi) is 4.46. The molecule has 0 amide bonds. The van der Waals surface area contributed by atoms with E-state index < -0.39 is 5.97 Å². The summed E-state index contributed by atoms with van der Waals surface area (Å²) in [6.07, 6.45) is 1.66. The molecule has 7 heteroatoms. The van der Waals surface area contributed by atoms with Gasteiger partial charge in [0.2, 0.25) is 0 Å². The number of anilines is 1. The number of aromatic carboxylic acids is 1. The Labute approximate surface area is 125 Å². The number of benzene rings is 1. The zero-order valence-corrected chi connectivity index (χ0v) is 12.5. The number of methoxy groups -OCH3 is 1. The molecule has 0 aliphatic rings. The van der Waals surface area contributed by atoms with Gasteiger partial charge < -0.3 is 15.2 Å². The summed E-state index contributed by atoms with van der Waals surface area (Å²) in [5.74, 6) is -0.457. The van der Waals surface area contributed by atoms with Gasteiger partial charge in [-0.1, -0.05) is 11.6 Å². The van der Waals surface area contributed by atoms with Crippen LogP contribution in [0.2, 0.25) is 4.47 Å². The minimum absolute atomic E-state index is 0.170. The summed E-state index contributed by atoms with van der Waals surface area (Å²) >= 11 is 7.11. The average Bonchev–Trinajstić information content (AvgIpc) is 2.82. The molecule has 0 saturated heterocycles. The molecule has 106 valence electrons. The number of aryl methyl sites for hydroxylation is 1. The highest BCUT2D eigenvalue weighted by atomic mass is 35.5. The average molecular weight is 313 g/mol. The predicted molar refractivity (Wildman–Crippen MR) is 79.1 cm³/mol. The number of carboxylic acid groups (broad SMARTS) is 1. The van der Waals surface area contributed by atoms with Crippen LogP contribution in [-0.4, -0.2) is 23.2 Å². The van der Waals surface area contributed by atoms with Crippen LogP contribution in [-0.2, 0) is 6.54 Å². The number of halogens is 1. The van der Waals surface area contributed by atoms with Gasteiger partial charge in [0.05, 0.1) is 19.2 Å². The number of ether oxygens (including phenoxy) is 1. The number of hydrogen-bond donors (Lipinski definition) is 2. The quantitative estimate of drug-likeness (QED) is 0.885. The van der Waals surface area contributed by atoms with Crippen LogP contribution < -0.4 is 10.1 Å². The Morgan fingerprint density at radius 3 is 2.85 bits per heavy atom. The van der Waals surface area contributed by atoms with Crippen LogP contribution in [0.15, 0.2) is 18.3 Å². The molecule has 0 bridgehead atoms. The minimum atomic E-state index is -1.01. The molecule has 0 aliphatic heterocycles. The number of aromatic nitrogens is 1. The lowest BCUT2D eigenvalue weighted by molar-refractivity contribution is 0.0697. The number of carboxylic acids is 1. The fourth-order valence-electron chi connectivity index (χ4n) is 1.78. The van der Waals surface area contributed by atoms with Crippen molar-refractivity contribution in [1.29, 1.82) is 0 Å². The second-order valence-electron chi connectivity index (χ2n) is 4.11. The molecule has 0 unspecified atom stereocenters. The third kappa shape index (κ3) is 3.20. The highest BCUT2D eigenvalue weighted by Crippen LogP contribution is 2.27. The molecular weight excluding hydrogens is 300 g/mol. The second kappa shape index (κ2) is 6.11. The first-order chi connectivity index (χ1) is 9.51. The van der Waals surface area contributed by atoms with Crippen molar-refractivity contribution in [3.05, 3.63) is 38.8 Å². The summed E-state index contributed by atoms with van der Waals surface area (Å²) in [7, 11) is 1.51. The number of thiazole rings is 1. The van der Waals surface area contributed by atoms with Crippen molar-refractivity contribution >= 4 is 34.6 Å². The summed E-state index contributed by atoms with van der Waals surface area (Å²) in [5, 5.41) is 12.3. The zero-order chi connectivity index (χ0) is 14.7. The van der Waals surface area contributed by atoms with Crippen LogP contribution in [0.1, 0.15) is 20.8 Å². The molecule has 0 spiro atoms. The molecule has 1 heterocycles. The Balaban J connectivity index is 2.25. The van der Waals surface area contributed by atoms with E-state index in [1.54, 1.807) is 12.3 Å². The fraction of sp³-hybridized carbons (Fsp3) is 0.231. The molecule has 2 N–H and O–H groups in total. The van der Waals surface area contributed by atoms with Gasteiger partial charge in [0.15, 0.2) is 4.47 Å². The summed E-state index contributed by atoms with van der Waals surface area (Å²) in [5.41, 5.74) is 1.57. The van der Waals surface area contributed by atoms with Crippen LogP contribution in [0, 0.1) is 6.92 Å². The van der Waals surface area contributed by atoms with E-state index in [0.29, 0.717) is 22.4 Å². The molecular formula is C13H13ClN2O3S. The molecule has 1 aromatic carbocycles. The van der Waals surface area contributed by atoms with Crippen molar-refractivity contribution in [2.75, 3.05) is 12.4 Å². The largest absolute Gasteiger partial charge is 0.496 e. The van der Waals surface area contributed by atoms with Gasteiger partial charge in [-0.25, -0.2) is 9.78 Å². The monoisotopic (exact) mass is 312 g/mol. The van der Waals surface area contributed by atoms with Gasteiger partial charge in [-0.2, -0.15) is 0 Å². The summed E-state index contributed by atoms with van der Waals surface area (Å²) in [6.45, 7) is 2.33. The zero-order valence-electron chi connectivity index (χ0n) is 10.9. The predicted octanol–water partition coefficient (Wildman–Crippen LogP) is 3.42. The Hall–Kier alpha value is -1.79. The maximum absolute atomic E-state index is 11.3. The van der Waals surface area contributed by atoms with Crippen LogP contribution in [0.5, 0.6) is 5.75 Å². The van der Waals surface area contributed by atoms with Gasteiger partial charge in [0, 0.05) is 16.8 Å². The lowest BCUT2D eigenvalue weighted by atomic mass is 10.1. The van der Waals surface area contributed by atoms with Crippen LogP contribution in [0.4, 0.5) is 5.69 Å². The third-order valence-electron chi connectivity index (χ3n) is 2.74. The van der Waals surface area contributed by atoms with E-state index in [1.807, 2.05) is 6.92 Å². The number of carbonyl (C=O) groups is 1. The topological polar surface area (TPSA) is 71.5 Å². The number of hydrogen-bond acceptors (Lipinski definition) is 5. The maximum atomic E-state index is 11.3. The molecule has 0 radical (unpaired) electrons. The van der Waals surface area contributed by atoms with Crippen LogP contribution in [0.25, 0.3) is 0 Å². The van der Waals surface area contributed by atoms with Gasteiger partial charge in [-0.3, -0.25) is 0 Å². The highest BCUT2D eigenvalue weighted by Gasteiger charge is 2.14. The van der Waals surface area contributed by atoms with Crippen molar-refractivity contribution in [3.63, 3.8) is 0 Å². The molecule has 0 atom stereocenters. The molecule has 0 aliphatic carbocycles. The first-order valence-corrected chi connectivity index (χ1v) is 6.96. The molecule has 0 saturated carbocycles. The van der Waals surface area contributed by atoms with E-state index in [4.69, 9.17) is 16.3 Å². The van der Waals surface area contributed by atoms with Crippen molar-refractivity contribution in [2.24, 2.45) is 0 Å². The van der Waals surface area contributed by atoms with E-state index >= 15 is 0 Å². The van der Waals surface area contributed by atoms with E-state index in [-0.39, 0.29) is 5.56 Å². The summed E-state index contributed by atoms with van der Waals surface area (Å²) in [6, 6.07) is 3.27. The Morgan fingerprint density at radius 2 is 2.30 bits per heavy atom. The lowest BCUT2D eigenvalue weighted by Crippen LogP contribution is -2.07. The first-order valence-electron chi connectivity index (χ1n) is 5.77. The fourth-order valence-corrected chi connectivity index (χ4v) is 2.70. The molecule has 5 nitrogen and oxygen atoms in total. The van der Waals surface area contributed by atoms with Gasteiger partial charge >= 0.3 is 5.97 Å². The van der Waals surface area contributed by atoms with E-state index in [0.717, 1.165) is 10.4 Å². The number of nitrogens with zero attached hydrogens (tertiary/aromatic N) is 1. The molecule has 2 rings (SSSR count). The summed E-state index contributed by atoms with van der Waals surface area (Å²) < 4.78 is 5.60. The lowest BCUT2D eigenvalue weighted by Gasteiger charge is -2.12. The molecule has 20 heavy (non-hydrogen) atoms. The maximum Gasteiger partial charge on any atom is 0.337 e. The smallest absolute Gasteiger partial charge is 0.337 e. The van der Waals surface area contributed by atoms with E-state index in [2.05, 4.69) is 10.3 Å². The van der Waals surface area contributed by atoms with E-state index in [9.17, 15) is 9.90 Å². The van der Waals surface area contributed by atoms with Crippen LogP contribution >= 0.6 is 22.9 Å². The minimum Gasteiger partial charge on any atom is -0.496 e. The van der Waals surface area contributed by atoms with Crippen LogP contribution in [0.3, 0.4) is 0 Å². The highest BCUT2D eigenvalue weighted by molar-refractivity contribution is 7.15. The SMILES string of the molecule is COc1cc(C(=O)O)c(NCc2cnc(Cl)s2)cc1C. The Morgan fingerprint density at radius 1 is 1.55 bits per heavy atom.